The predicted octanol–water partition coefficient (Wildman–Crippen LogP) is 6.93. The Labute approximate surface area is 193 Å². The van der Waals surface area contributed by atoms with Crippen molar-refractivity contribution in [3.63, 3.8) is 0 Å². The normalized spacial score (nSPS) is 12.3. The first kappa shape index (κ1) is 21.9. The minimum absolute atomic E-state index is 0.0480. The molecule has 0 saturated carbocycles. The van der Waals surface area contributed by atoms with E-state index < -0.39 is 6.10 Å². The molecule has 0 aliphatic heterocycles. The Balaban J connectivity index is 1.47. The number of aliphatic hydroxyl groups is 1. The van der Waals surface area contributed by atoms with Crippen LogP contribution < -0.4 is 0 Å². The molecule has 0 aliphatic carbocycles. The number of pyridine rings is 1. The minimum Gasteiger partial charge on any atom is -0.388 e. The molecule has 0 spiro atoms. The molecule has 160 valence electrons. The number of rotatable bonds is 7. The zero-order valence-electron chi connectivity index (χ0n) is 17.8. The summed E-state index contributed by atoms with van der Waals surface area (Å²) >= 11 is 6.08. The van der Waals surface area contributed by atoms with Crippen molar-refractivity contribution >= 4 is 40.4 Å². The molecular formula is C28H24ClNO2. The highest BCUT2D eigenvalue weighted by atomic mass is 35.5. The van der Waals surface area contributed by atoms with Crippen molar-refractivity contribution in [2.24, 2.45) is 0 Å². The van der Waals surface area contributed by atoms with Crippen LogP contribution in [0.5, 0.6) is 0 Å². The molecule has 32 heavy (non-hydrogen) atoms. The number of halogens is 1. The molecule has 0 bridgehead atoms. The summed E-state index contributed by atoms with van der Waals surface area (Å²) in [6.45, 7) is 1.57. The van der Waals surface area contributed by atoms with E-state index in [0.29, 0.717) is 17.9 Å². The summed E-state index contributed by atoms with van der Waals surface area (Å²) in [7, 11) is 0. The molecule has 1 aromatic heterocycles. The fourth-order valence-electron chi connectivity index (χ4n) is 3.79. The van der Waals surface area contributed by atoms with Gasteiger partial charge in [0, 0.05) is 16.0 Å². The summed E-state index contributed by atoms with van der Waals surface area (Å²) in [5.41, 5.74) is 5.23. The number of benzene rings is 3. The van der Waals surface area contributed by atoms with Crippen molar-refractivity contribution in [2.45, 2.75) is 25.9 Å². The SMILES string of the molecule is CC(=O)c1ccccc1CCC(O)c1cccc(/C=C/c2ccc3ccc(Cl)cc3n2)c1. The molecule has 3 aromatic carbocycles. The van der Waals surface area contributed by atoms with Gasteiger partial charge in [0.2, 0.25) is 0 Å². The third-order valence-corrected chi connectivity index (χ3v) is 5.74. The third-order valence-electron chi connectivity index (χ3n) is 5.50. The van der Waals surface area contributed by atoms with Gasteiger partial charge < -0.3 is 5.11 Å². The van der Waals surface area contributed by atoms with E-state index in [9.17, 15) is 9.90 Å². The van der Waals surface area contributed by atoms with Gasteiger partial charge in [0.05, 0.1) is 17.3 Å². The number of Topliss-reactive ketones (excluding diaryl/α,β-unsaturated/α-hetero) is 1. The minimum atomic E-state index is -0.607. The van der Waals surface area contributed by atoms with Gasteiger partial charge in [-0.1, -0.05) is 72.3 Å². The smallest absolute Gasteiger partial charge is 0.160 e. The molecule has 0 amide bonds. The topological polar surface area (TPSA) is 50.2 Å². The number of fused-ring (bicyclic) bond motifs is 1. The Bertz CT molecular complexity index is 1300. The van der Waals surface area contributed by atoms with E-state index in [4.69, 9.17) is 11.6 Å². The summed E-state index contributed by atoms with van der Waals surface area (Å²) in [5, 5.41) is 12.4. The lowest BCUT2D eigenvalue weighted by molar-refractivity contribution is 0.101. The average Bonchev–Trinajstić information content (AvgIpc) is 2.81. The molecule has 3 nitrogen and oxygen atoms in total. The van der Waals surface area contributed by atoms with Crippen LogP contribution in [-0.4, -0.2) is 15.9 Å². The maximum Gasteiger partial charge on any atom is 0.160 e. The van der Waals surface area contributed by atoms with E-state index in [1.165, 1.54) is 0 Å². The molecule has 1 N–H and O–H groups in total. The van der Waals surface area contributed by atoms with Crippen LogP contribution in [0.3, 0.4) is 0 Å². The van der Waals surface area contributed by atoms with Crippen LogP contribution in [0.2, 0.25) is 5.02 Å². The number of aliphatic hydroxyl groups excluding tert-OH is 1. The van der Waals surface area contributed by atoms with Gasteiger partial charge in [-0.25, -0.2) is 4.98 Å². The maximum atomic E-state index is 11.8. The number of hydrogen-bond acceptors (Lipinski definition) is 3. The van der Waals surface area contributed by atoms with Crippen molar-refractivity contribution < 1.29 is 9.90 Å². The Morgan fingerprint density at radius 2 is 1.81 bits per heavy atom. The van der Waals surface area contributed by atoms with E-state index in [2.05, 4.69) is 4.98 Å². The largest absolute Gasteiger partial charge is 0.388 e. The summed E-state index contributed by atoms with van der Waals surface area (Å²) in [6, 6.07) is 25.1. The second kappa shape index (κ2) is 9.90. The highest BCUT2D eigenvalue weighted by Crippen LogP contribution is 2.23. The molecule has 1 heterocycles. The fourth-order valence-corrected chi connectivity index (χ4v) is 3.96. The molecule has 4 rings (SSSR count). The highest BCUT2D eigenvalue weighted by Gasteiger charge is 2.11. The van der Waals surface area contributed by atoms with Crippen LogP contribution in [-0.2, 0) is 6.42 Å². The molecule has 4 aromatic rings. The van der Waals surface area contributed by atoms with Crippen LogP contribution in [0.15, 0.2) is 78.9 Å². The van der Waals surface area contributed by atoms with Gasteiger partial charge >= 0.3 is 0 Å². The number of carbonyl (C=O) groups is 1. The van der Waals surface area contributed by atoms with Crippen molar-refractivity contribution in [1.29, 1.82) is 0 Å². The lowest BCUT2D eigenvalue weighted by Gasteiger charge is -2.13. The quantitative estimate of drug-likeness (QED) is 0.316. The van der Waals surface area contributed by atoms with Crippen LogP contribution in [0.1, 0.15) is 52.2 Å². The lowest BCUT2D eigenvalue weighted by atomic mass is 9.96. The van der Waals surface area contributed by atoms with Gasteiger partial charge in [-0.05, 0) is 66.8 Å². The average molecular weight is 442 g/mol. The number of hydrogen-bond donors (Lipinski definition) is 1. The fraction of sp³-hybridized carbons (Fsp3) is 0.143. The van der Waals surface area contributed by atoms with Crippen molar-refractivity contribution in [1.82, 2.24) is 4.98 Å². The molecular weight excluding hydrogens is 418 g/mol. The van der Waals surface area contributed by atoms with E-state index in [1.807, 2.05) is 91.0 Å². The number of ketones is 1. The standard InChI is InChI=1S/C28H24ClNO2/c1-19(31)26-8-3-2-6-21(26)12-16-28(32)23-7-4-5-20(17-23)9-14-25-15-11-22-10-13-24(29)18-27(22)30-25/h2-11,13-15,17-18,28,32H,12,16H2,1H3/b14-9+. The Morgan fingerprint density at radius 1 is 1.00 bits per heavy atom. The van der Waals surface area contributed by atoms with Crippen LogP contribution in [0.25, 0.3) is 23.1 Å². The first-order chi connectivity index (χ1) is 15.5. The summed E-state index contributed by atoms with van der Waals surface area (Å²) in [4.78, 5) is 16.5. The molecule has 1 atom stereocenters. The van der Waals surface area contributed by atoms with Gasteiger partial charge in [0.1, 0.15) is 0 Å². The lowest BCUT2D eigenvalue weighted by Crippen LogP contribution is -2.04. The van der Waals surface area contributed by atoms with Gasteiger partial charge in [0.15, 0.2) is 5.78 Å². The van der Waals surface area contributed by atoms with Gasteiger partial charge in [-0.2, -0.15) is 0 Å². The third kappa shape index (κ3) is 5.31. The number of nitrogens with zero attached hydrogens (tertiary/aromatic N) is 1. The monoisotopic (exact) mass is 441 g/mol. The summed E-state index contributed by atoms with van der Waals surface area (Å²) in [6.07, 6.45) is 4.52. The molecule has 0 radical (unpaired) electrons. The van der Waals surface area contributed by atoms with E-state index >= 15 is 0 Å². The van der Waals surface area contributed by atoms with E-state index in [1.54, 1.807) is 6.92 Å². The second-order valence-electron chi connectivity index (χ2n) is 7.84. The maximum absolute atomic E-state index is 11.8. The van der Waals surface area contributed by atoms with Crippen LogP contribution >= 0.6 is 11.6 Å². The van der Waals surface area contributed by atoms with E-state index in [-0.39, 0.29) is 5.78 Å². The highest BCUT2D eigenvalue weighted by molar-refractivity contribution is 6.31. The van der Waals surface area contributed by atoms with E-state index in [0.717, 1.165) is 38.9 Å². The predicted molar refractivity (Wildman–Crippen MR) is 132 cm³/mol. The summed E-state index contributed by atoms with van der Waals surface area (Å²) < 4.78 is 0. The number of aromatic nitrogens is 1. The first-order valence-corrected chi connectivity index (χ1v) is 11.0. The molecule has 0 fully saturated rings. The van der Waals surface area contributed by atoms with Crippen LogP contribution in [0, 0.1) is 0 Å². The number of carbonyl (C=O) groups excluding carboxylic acids is 1. The Kier molecular flexibility index (Phi) is 6.79. The van der Waals surface area contributed by atoms with Crippen LogP contribution in [0.4, 0.5) is 0 Å². The number of aryl methyl sites for hydroxylation is 1. The molecule has 1 unspecified atom stereocenters. The first-order valence-electron chi connectivity index (χ1n) is 10.6. The molecule has 0 aliphatic rings. The molecule has 0 saturated heterocycles. The van der Waals surface area contributed by atoms with Crippen molar-refractivity contribution in [2.75, 3.05) is 0 Å². The Hall–Kier alpha value is -3.27. The van der Waals surface area contributed by atoms with Gasteiger partial charge in [-0.15, -0.1) is 0 Å². The zero-order valence-corrected chi connectivity index (χ0v) is 18.6. The van der Waals surface area contributed by atoms with Gasteiger partial charge in [-0.3, -0.25) is 4.79 Å². The van der Waals surface area contributed by atoms with Crippen molar-refractivity contribution in [3.8, 4) is 0 Å². The zero-order chi connectivity index (χ0) is 22.5. The second-order valence-corrected chi connectivity index (χ2v) is 8.28. The van der Waals surface area contributed by atoms with Gasteiger partial charge in [0.25, 0.3) is 0 Å². The Morgan fingerprint density at radius 3 is 2.66 bits per heavy atom. The van der Waals surface area contributed by atoms with Crippen molar-refractivity contribution in [3.05, 3.63) is 112 Å². The molecule has 4 heteroatoms. The summed E-state index contributed by atoms with van der Waals surface area (Å²) in [5.74, 6) is 0.0480.